The van der Waals surface area contributed by atoms with Crippen LogP contribution in [0, 0.1) is 5.92 Å². The van der Waals surface area contributed by atoms with Crippen molar-refractivity contribution in [1.82, 2.24) is 0 Å². The maximum atomic E-state index is 10.3. The van der Waals surface area contributed by atoms with Crippen LogP contribution in [0.5, 0.6) is 0 Å². The molecule has 0 unspecified atom stereocenters. The zero-order chi connectivity index (χ0) is 23.6. The van der Waals surface area contributed by atoms with Crippen LogP contribution in [-0.4, -0.2) is 45.6 Å². The van der Waals surface area contributed by atoms with Gasteiger partial charge in [0, 0.05) is 33.7 Å². The molecular formula is C24H48O6Ti. The van der Waals surface area contributed by atoms with Crippen LogP contribution < -0.4 is 0 Å². The molecule has 184 valence electrons. The Hall–Kier alpha value is -0.686. The van der Waals surface area contributed by atoms with Crippen LogP contribution in [-0.2, 0) is 31.3 Å². The molecule has 4 N–H and O–H groups in total. The zero-order valence-electron chi connectivity index (χ0n) is 20.2. The van der Waals surface area contributed by atoms with Crippen molar-refractivity contribution in [1.29, 1.82) is 0 Å². The van der Waals surface area contributed by atoms with E-state index in [0.717, 1.165) is 18.8 Å². The molecular weight excluding hydrogens is 432 g/mol. The summed E-state index contributed by atoms with van der Waals surface area (Å²) in [6.07, 6.45) is 17.3. The third-order valence-electron chi connectivity index (χ3n) is 4.39. The minimum atomic E-state index is -0.935. The topological polar surface area (TPSA) is 115 Å². The van der Waals surface area contributed by atoms with Gasteiger partial charge in [-0.2, -0.15) is 0 Å². The second kappa shape index (κ2) is 31.5. The minimum Gasteiger partial charge on any atom is -0.481 e. The average molecular weight is 481 g/mol. The molecule has 0 aromatic carbocycles. The summed E-state index contributed by atoms with van der Waals surface area (Å²) in [5, 5.41) is 31.7. The number of carbonyl (C=O) groups is 2. The van der Waals surface area contributed by atoms with Crippen LogP contribution in [0.3, 0.4) is 0 Å². The molecule has 0 fully saturated rings. The maximum absolute atomic E-state index is 10.3. The second-order valence-electron chi connectivity index (χ2n) is 8.10. The predicted octanol–water partition coefficient (Wildman–Crippen LogP) is 5.80. The summed E-state index contributed by atoms with van der Waals surface area (Å²) in [6, 6.07) is 0. The average Bonchev–Trinajstić information content (AvgIpc) is 2.68. The van der Waals surface area contributed by atoms with Crippen molar-refractivity contribution in [2.75, 3.05) is 13.2 Å². The number of hydrogen-bond donors (Lipinski definition) is 4. The monoisotopic (exact) mass is 480 g/mol. The number of carboxylic acids is 2. The van der Waals surface area contributed by atoms with Gasteiger partial charge in [-0.25, -0.2) is 4.79 Å². The van der Waals surface area contributed by atoms with Crippen molar-refractivity contribution in [3.05, 3.63) is 12.2 Å². The molecule has 0 aromatic rings. The Labute approximate surface area is 205 Å². The quantitative estimate of drug-likeness (QED) is 0.119. The Morgan fingerprint density at radius 1 is 0.710 bits per heavy atom. The molecule has 0 amide bonds. The van der Waals surface area contributed by atoms with E-state index < -0.39 is 11.9 Å². The zero-order valence-corrected chi connectivity index (χ0v) is 21.8. The summed E-state index contributed by atoms with van der Waals surface area (Å²) in [5.41, 5.74) is 0.176. The molecule has 0 aliphatic rings. The molecule has 7 heteroatoms. The van der Waals surface area contributed by atoms with Crippen LogP contribution in [0.4, 0.5) is 0 Å². The van der Waals surface area contributed by atoms with Crippen molar-refractivity contribution >= 4 is 11.9 Å². The number of carboxylic acid groups (broad SMARTS) is 2. The molecule has 0 bridgehead atoms. The van der Waals surface area contributed by atoms with Gasteiger partial charge in [-0.05, 0) is 19.3 Å². The Morgan fingerprint density at radius 3 is 1.23 bits per heavy atom. The predicted molar refractivity (Wildman–Crippen MR) is 124 cm³/mol. The Balaban J connectivity index is -0.000000275. The van der Waals surface area contributed by atoms with E-state index in [1.54, 1.807) is 0 Å². The van der Waals surface area contributed by atoms with Crippen LogP contribution in [0.15, 0.2) is 12.2 Å². The summed E-state index contributed by atoms with van der Waals surface area (Å²) in [4.78, 5) is 19.9. The van der Waals surface area contributed by atoms with Gasteiger partial charge in [0.15, 0.2) is 0 Å². The summed E-state index contributed by atoms with van der Waals surface area (Å²) < 4.78 is 0. The number of aliphatic hydroxyl groups excluding tert-OH is 2. The van der Waals surface area contributed by atoms with E-state index in [1.807, 2.05) is 0 Å². The van der Waals surface area contributed by atoms with E-state index >= 15 is 0 Å². The fraction of sp³-hybridized carbons (Fsp3) is 0.833. The Morgan fingerprint density at radius 2 is 1.00 bits per heavy atom. The summed E-state index contributed by atoms with van der Waals surface area (Å²) in [5.74, 6) is -0.723. The first kappa shape index (κ1) is 37.6. The first-order valence-corrected chi connectivity index (χ1v) is 11.5. The summed E-state index contributed by atoms with van der Waals surface area (Å²) >= 11 is 0. The van der Waals surface area contributed by atoms with Crippen LogP contribution in [0.2, 0.25) is 0 Å². The third-order valence-corrected chi connectivity index (χ3v) is 4.39. The van der Waals surface area contributed by atoms with E-state index in [-0.39, 0.29) is 40.5 Å². The molecule has 0 radical (unpaired) electrons. The van der Waals surface area contributed by atoms with Crippen molar-refractivity contribution in [2.45, 2.75) is 111 Å². The van der Waals surface area contributed by atoms with E-state index in [4.69, 9.17) is 20.4 Å². The van der Waals surface area contributed by atoms with Gasteiger partial charge in [0.25, 0.3) is 0 Å². The summed E-state index contributed by atoms with van der Waals surface area (Å²) in [6.45, 7) is 8.97. The van der Waals surface area contributed by atoms with Gasteiger partial charge in [0.05, 0.1) is 13.2 Å². The molecule has 0 aliphatic heterocycles. The number of rotatable bonds is 17. The van der Waals surface area contributed by atoms with Crippen molar-refractivity contribution in [3.63, 3.8) is 0 Å². The van der Waals surface area contributed by atoms with Crippen molar-refractivity contribution < 1.29 is 51.7 Å². The smallest absolute Gasteiger partial charge is 0.330 e. The van der Waals surface area contributed by atoms with Crippen LogP contribution in [0.1, 0.15) is 111 Å². The van der Waals surface area contributed by atoms with Gasteiger partial charge >= 0.3 is 11.9 Å². The molecule has 6 nitrogen and oxygen atoms in total. The molecule has 0 saturated heterocycles. The standard InChI is InChI=1S/C18H36O2.C4H6O2.C2H6O2.Ti/c1-17(2)15-13-11-9-7-5-3-4-6-8-10-12-14-16-18(19)20;1-3(2)4(5)6;3-1-2-4;/h17H,3-16H2,1-2H3,(H,19,20);1H2,2H3,(H,5,6);3-4H,1-2H2;. The van der Waals surface area contributed by atoms with Gasteiger partial charge < -0.3 is 20.4 Å². The maximum Gasteiger partial charge on any atom is 0.330 e. The molecule has 0 heterocycles. The second-order valence-corrected chi connectivity index (χ2v) is 8.10. The molecule has 0 atom stereocenters. The molecule has 0 rings (SSSR count). The third kappa shape index (κ3) is 48.1. The number of aliphatic hydroxyl groups is 2. The van der Waals surface area contributed by atoms with E-state index in [1.165, 1.54) is 77.6 Å². The largest absolute Gasteiger partial charge is 0.481 e. The van der Waals surface area contributed by atoms with Crippen molar-refractivity contribution in [3.8, 4) is 0 Å². The van der Waals surface area contributed by atoms with E-state index in [2.05, 4.69) is 20.4 Å². The fourth-order valence-electron chi connectivity index (χ4n) is 2.60. The molecule has 31 heavy (non-hydrogen) atoms. The molecule has 0 aliphatic carbocycles. The first-order valence-electron chi connectivity index (χ1n) is 11.5. The van der Waals surface area contributed by atoms with E-state index in [9.17, 15) is 9.59 Å². The van der Waals surface area contributed by atoms with Gasteiger partial charge in [-0.3, -0.25) is 4.79 Å². The molecule has 0 saturated carbocycles. The Bertz CT molecular complexity index is 386. The van der Waals surface area contributed by atoms with Crippen LogP contribution in [0.25, 0.3) is 0 Å². The minimum absolute atomic E-state index is 0. The summed E-state index contributed by atoms with van der Waals surface area (Å²) in [7, 11) is 0. The fourth-order valence-corrected chi connectivity index (χ4v) is 2.60. The number of unbranched alkanes of at least 4 members (excludes halogenated alkanes) is 11. The SMILES string of the molecule is C=C(C)C(=O)O.CC(C)CCCCCCCCCCCCCCC(=O)O.OCCO.[Ti]. The number of aliphatic carboxylic acids is 2. The number of hydrogen-bond acceptors (Lipinski definition) is 4. The van der Waals surface area contributed by atoms with Gasteiger partial charge in [0.2, 0.25) is 0 Å². The van der Waals surface area contributed by atoms with E-state index in [0.29, 0.717) is 6.42 Å². The van der Waals surface area contributed by atoms with Gasteiger partial charge in [-0.15, -0.1) is 0 Å². The molecule has 0 spiro atoms. The Kier molecular flexibility index (Phi) is 38.2. The van der Waals surface area contributed by atoms with Crippen LogP contribution >= 0.6 is 0 Å². The molecule has 0 aromatic heterocycles. The van der Waals surface area contributed by atoms with Gasteiger partial charge in [-0.1, -0.05) is 97.5 Å². The normalized spacial score (nSPS) is 9.61. The first-order chi connectivity index (χ1) is 14.2. The van der Waals surface area contributed by atoms with Crippen molar-refractivity contribution in [2.24, 2.45) is 5.92 Å². The van der Waals surface area contributed by atoms with Gasteiger partial charge in [0.1, 0.15) is 0 Å².